The van der Waals surface area contributed by atoms with Crippen molar-refractivity contribution in [3.05, 3.63) is 11.6 Å². The number of carbonyl (C=O) groups is 1. The van der Waals surface area contributed by atoms with E-state index in [0.29, 0.717) is 6.54 Å². The van der Waals surface area contributed by atoms with E-state index in [2.05, 4.69) is 10.6 Å². The van der Waals surface area contributed by atoms with Crippen molar-refractivity contribution in [1.29, 1.82) is 0 Å². The first-order chi connectivity index (χ1) is 5.66. The highest BCUT2D eigenvalue weighted by atomic mass is 16.2. The fourth-order valence-electron chi connectivity index (χ4n) is 0.649. The maximum absolute atomic E-state index is 10.9. The zero-order valence-corrected chi connectivity index (χ0v) is 8.11. The molecular formula is C9H18N2O. The lowest BCUT2D eigenvalue weighted by molar-refractivity contribution is 0.242. The molecule has 0 atom stereocenters. The van der Waals surface area contributed by atoms with Crippen LogP contribution in [0, 0.1) is 0 Å². The average Bonchev–Trinajstić information content (AvgIpc) is 2.00. The van der Waals surface area contributed by atoms with Gasteiger partial charge in [0, 0.05) is 13.1 Å². The molecule has 0 saturated heterocycles. The average molecular weight is 170 g/mol. The molecule has 0 radical (unpaired) electrons. The summed E-state index contributed by atoms with van der Waals surface area (Å²) in [6, 6.07) is -0.0886. The Balaban J connectivity index is 3.38. The van der Waals surface area contributed by atoms with E-state index in [1.165, 1.54) is 5.57 Å². The van der Waals surface area contributed by atoms with Gasteiger partial charge in [-0.3, -0.25) is 0 Å². The largest absolute Gasteiger partial charge is 0.338 e. The molecular weight excluding hydrogens is 152 g/mol. The Morgan fingerprint density at radius 2 is 2.00 bits per heavy atom. The van der Waals surface area contributed by atoms with Crippen molar-refractivity contribution in [2.24, 2.45) is 0 Å². The number of nitrogens with one attached hydrogen (secondary N) is 2. The van der Waals surface area contributed by atoms with Gasteiger partial charge in [0.25, 0.3) is 0 Å². The van der Waals surface area contributed by atoms with Crippen molar-refractivity contribution in [1.82, 2.24) is 10.6 Å². The Labute approximate surface area is 74.2 Å². The molecule has 0 aliphatic carbocycles. The van der Waals surface area contributed by atoms with Gasteiger partial charge in [-0.15, -0.1) is 0 Å². The summed E-state index contributed by atoms with van der Waals surface area (Å²) < 4.78 is 0. The van der Waals surface area contributed by atoms with Crippen LogP contribution in [0.4, 0.5) is 4.79 Å². The lowest BCUT2D eigenvalue weighted by atomic mass is 10.3. The van der Waals surface area contributed by atoms with Crippen LogP contribution in [0.3, 0.4) is 0 Å². The number of hydrogen-bond donors (Lipinski definition) is 2. The Bertz CT molecular complexity index is 160. The smallest absolute Gasteiger partial charge is 0.315 e. The van der Waals surface area contributed by atoms with Crippen molar-refractivity contribution in [3.8, 4) is 0 Å². The highest BCUT2D eigenvalue weighted by Gasteiger charge is 1.93. The summed E-state index contributed by atoms with van der Waals surface area (Å²) in [5, 5.41) is 5.45. The second kappa shape index (κ2) is 6.70. The molecule has 0 aromatic heterocycles. The minimum absolute atomic E-state index is 0.0886. The third-order valence-corrected chi connectivity index (χ3v) is 1.31. The maximum atomic E-state index is 10.9. The molecule has 12 heavy (non-hydrogen) atoms. The van der Waals surface area contributed by atoms with Crippen LogP contribution in [0.15, 0.2) is 11.6 Å². The summed E-state index contributed by atoms with van der Waals surface area (Å²) in [6.45, 7) is 7.38. The molecule has 0 bridgehead atoms. The first-order valence-corrected chi connectivity index (χ1v) is 4.32. The first kappa shape index (κ1) is 11.0. The van der Waals surface area contributed by atoms with E-state index in [4.69, 9.17) is 0 Å². The molecule has 2 amide bonds. The fraction of sp³-hybridized carbons (Fsp3) is 0.667. The van der Waals surface area contributed by atoms with Crippen molar-refractivity contribution < 1.29 is 4.79 Å². The Kier molecular flexibility index (Phi) is 6.15. The molecule has 0 aliphatic rings. The van der Waals surface area contributed by atoms with Gasteiger partial charge in [0.2, 0.25) is 0 Å². The van der Waals surface area contributed by atoms with E-state index >= 15 is 0 Å². The molecule has 70 valence electrons. The summed E-state index contributed by atoms with van der Waals surface area (Å²) >= 11 is 0. The number of amides is 2. The minimum atomic E-state index is -0.0886. The number of allylic oxidation sites excluding steroid dienone is 1. The van der Waals surface area contributed by atoms with Crippen molar-refractivity contribution in [3.63, 3.8) is 0 Å². The van der Waals surface area contributed by atoms with E-state index in [1.807, 2.05) is 26.8 Å². The normalized spacial score (nSPS) is 8.92. The molecule has 3 nitrogen and oxygen atoms in total. The van der Waals surface area contributed by atoms with Crippen molar-refractivity contribution >= 4 is 6.03 Å². The zero-order chi connectivity index (χ0) is 9.40. The molecule has 0 saturated carbocycles. The van der Waals surface area contributed by atoms with Gasteiger partial charge in [-0.25, -0.2) is 4.79 Å². The van der Waals surface area contributed by atoms with E-state index in [9.17, 15) is 4.79 Å². The zero-order valence-electron chi connectivity index (χ0n) is 8.11. The molecule has 0 spiro atoms. The van der Waals surface area contributed by atoms with E-state index in [0.717, 1.165) is 13.0 Å². The van der Waals surface area contributed by atoms with Gasteiger partial charge in [0.1, 0.15) is 0 Å². The van der Waals surface area contributed by atoms with Crippen LogP contribution < -0.4 is 10.6 Å². The quantitative estimate of drug-likeness (QED) is 0.619. The third-order valence-electron chi connectivity index (χ3n) is 1.31. The highest BCUT2D eigenvalue weighted by Crippen LogP contribution is 1.84. The third kappa shape index (κ3) is 7.12. The Morgan fingerprint density at radius 3 is 2.50 bits per heavy atom. The van der Waals surface area contributed by atoms with Crippen molar-refractivity contribution in [2.45, 2.75) is 27.2 Å². The number of hydrogen-bond acceptors (Lipinski definition) is 1. The topological polar surface area (TPSA) is 41.1 Å². The molecule has 0 aromatic rings. The SMILES string of the molecule is CCCNC(=O)NCC=C(C)C. The Morgan fingerprint density at radius 1 is 1.33 bits per heavy atom. The molecule has 2 N–H and O–H groups in total. The van der Waals surface area contributed by atoms with Crippen LogP contribution in [0.5, 0.6) is 0 Å². The maximum Gasteiger partial charge on any atom is 0.315 e. The summed E-state index contributed by atoms with van der Waals surface area (Å²) in [5.41, 5.74) is 1.21. The van der Waals surface area contributed by atoms with Gasteiger partial charge >= 0.3 is 6.03 Å². The van der Waals surface area contributed by atoms with Gasteiger partial charge in [-0.2, -0.15) is 0 Å². The highest BCUT2D eigenvalue weighted by molar-refractivity contribution is 5.73. The van der Waals surface area contributed by atoms with Crippen LogP contribution in [0.2, 0.25) is 0 Å². The van der Waals surface area contributed by atoms with E-state index < -0.39 is 0 Å². The molecule has 0 rings (SSSR count). The lowest BCUT2D eigenvalue weighted by Crippen LogP contribution is -2.35. The second-order valence-electron chi connectivity index (χ2n) is 2.92. The summed E-state index contributed by atoms with van der Waals surface area (Å²) in [7, 11) is 0. The molecule has 0 aromatic carbocycles. The van der Waals surface area contributed by atoms with Gasteiger partial charge in [0.05, 0.1) is 0 Å². The van der Waals surface area contributed by atoms with Gasteiger partial charge < -0.3 is 10.6 Å². The number of carbonyl (C=O) groups excluding carboxylic acids is 1. The predicted octanol–water partition coefficient (Wildman–Crippen LogP) is 1.66. The van der Waals surface area contributed by atoms with Gasteiger partial charge in [0.15, 0.2) is 0 Å². The Hall–Kier alpha value is -0.990. The lowest BCUT2D eigenvalue weighted by Gasteiger charge is -2.03. The number of urea groups is 1. The second-order valence-corrected chi connectivity index (χ2v) is 2.92. The monoisotopic (exact) mass is 170 g/mol. The van der Waals surface area contributed by atoms with Crippen LogP contribution in [0.1, 0.15) is 27.2 Å². The van der Waals surface area contributed by atoms with Crippen LogP contribution in [0.25, 0.3) is 0 Å². The standard InChI is InChI=1S/C9H18N2O/c1-4-6-10-9(12)11-7-5-8(2)3/h5H,4,6-7H2,1-3H3,(H2,10,11,12). The fourth-order valence-corrected chi connectivity index (χ4v) is 0.649. The van der Waals surface area contributed by atoms with Crippen LogP contribution >= 0.6 is 0 Å². The van der Waals surface area contributed by atoms with Crippen LogP contribution in [-0.2, 0) is 0 Å². The molecule has 0 unspecified atom stereocenters. The summed E-state index contributed by atoms with van der Waals surface area (Å²) in [4.78, 5) is 10.9. The van der Waals surface area contributed by atoms with Crippen LogP contribution in [-0.4, -0.2) is 19.1 Å². The van der Waals surface area contributed by atoms with Gasteiger partial charge in [-0.05, 0) is 20.3 Å². The van der Waals surface area contributed by atoms with E-state index in [-0.39, 0.29) is 6.03 Å². The summed E-state index contributed by atoms with van der Waals surface area (Å²) in [5.74, 6) is 0. The molecule has 0 aliphatic heterocycles. The van der Waals surface area contributed by atoms with E-state index in [1.54, 1.807) is 0 Å². The molecule has 0 fully saturated rings. The van der Waals surface area contributed by atoms with Crippen molar-refractivity contribution in [2.75, 3.05) is 13.1 Å². The number of rotatable bonds is 4. The first-order valence-electron chi connectivity index (χ1n) is 4.32. The predicted molar refractivity (Wildman–Crippen MR) is 51.1 cm³/mol. The van der Waals surface area contributed by atoms with Gasteiger partial charge in [-0.1, -0.05) is 18.6 Å². The molecule has 0 heterocycles. The minimum Gasteiger partial charge on any atom is -0.338 e. The molecule has 3 heteroatoms. The summed E-state index contributed by atoms with van der Waals surface area (Å²) in [6.07, 6.45) is 2.95.